The van der Waals surface area contributed by atoms with E-state index in [1.165, 1.54) is 0 Å². The number of benzene rings is 2. The summed E-state index contributed by atoms with van der Waals surface area (Å²) in [6.45, 7) is 5.26. The Kier molecular flexibility index (Phi) is 6.75. The summed E-state index contributed by atoms with van der Waals surface area (Å²) in [6.07, 6.45) is 0.882. The van der Waals surface area contributed by atoms with E-state index in [0.29, 0.717) is 32.6 Å². The smallest absolute Gasteiger partial charge is 0.242 e. The third-order valence-corrected chi connectivity index (χ3v) is 5.25. The lowest BCUT2D eigenvalue weighted by atomic mass is 10.1. The van der Waals surface area contributed by atoms with Crippen molar-refractivity contribution < 1.29 is 19.1 Å². The Bertz CT molecular complexity index is 881. The van der Waals surface area contributed by atoms with Gasteiger partial charge in [0.2, 0.25) is 11.8 Å². The van der Waals surface area contributed by atoms with E-state index in [2.05, 4.69) is 5.32 Å². The second-order valence-electron chi connectivity index (χ2n) is 7.22. The fourth-order valence-corrected chi connectivity index (χ4v) is 3.40. The van der Waals surface area contributed by atoms with E-state index >= 15 is 0 Å². The zero-order valence-electron chi connectivity index (χ0n) is 17.2. The molecular formula is C23H28N2O4. The van der Waals surface area contributed by atoms with Gasteiger partial charge in [0.15, 0.2) is 11.5 Å². The molecule has 0 saturated heterocycles. The van der Waals surface area contributed by atoms with Crippen molar-refractivity contribution in [2.45, 2.75) is 39.3 Å². The Labute approximate surface area is 171 Å². The zero-order chi connectivity index (χ0) is 20.8. The third-order valence-electron chi connectivity index (χ3n) is 5.25. The predicted molar refractivity (Wildman–Crippen MR) is 111 cm³/mol. The summed E-state index contributed by atoms with van der Waals surface area (Å²) < 4.78 is 11.2. The molecule has 2 amide bonds. The molecule has 6 heteroatoms. The molecule has 2 aromatic rings. The number of carbonyl (C=O) groups excluding carboxylic acids is 2. The van der Waals surface area contributed by atoms with Crippen LogP contribution in [0.1, 0.15) is 30.0 Å². The van der Waals surface area contributed by atoms with E-state index in [0.717, 1.165) is 28.2 Å². The normalized spacial score (nSPS) is 13.5. The van der Waals surface area contributed by atoms with Gasteiger partial charge in [-0.1, -0.05) is 30.3 Å². The average molecular weight is 396 g/mol. The number of hydrogen-bond donors (Lipinski definition) is 1. The van der Waals surface area contributed by atoms with Crippen molar-refractivity contribution in [3.63, 3.8) is 0 Å². The monoisotopic (exact) mass is 396 g/mol. The van der Waals surface area contributed by atoms with Gasteiger partial charge in [-0.15, -0.1) is 0 Å². The lowest BCUT2D eigenvalue weighted by molar-refractivity contribution is -0.140. The van der Waals surface area contributed by atoms with E-state index in [4.69, 9.17) is 9.47 Å². The third kappa shape index (κ3) is 5.08. The van der Waals surface area contributed by atoms with Gasteiger partial charge in [0.25, 0.3) is 0 Å². The Morgan fingerprint density at radius 1 is 1.10 bits per heavy atom. The highest BCUT2D eigenvalue weighted by Gasteiger charge is 2.25. The summed E-state index contributed by atoms with van der Waals surface area (Å²) in [5.41, 5.74) is 3.14. The number of hydrogen-bond acceptors (Lipinski definition) is 4. The van der Waals surface area contributed by atoms with Crippen LogP contribution in [0.5, 0.6) is 11.5 Å². The lowest BCUT2D eigenvalue weighted by Crippen LogP contribution is -2.46. The maximum absolute atomic E-state index is 13.1. The highest BCUT2D eigenvalue weighted by Crippen LogP contribution is 2.31. The largest absolute Gasteiger partial charge is 0.486 e. The molecule has 2 aromatic carbocycles. The molecule has 0 radical (unpaired) electrons. The number of nitrogens with zero attached hydrogens (tertiary/aromatic N) is 1. The maximum Gasteiger partial charge on any atom is 0.242 e. The fourth-order valence-electron chi connectivity index (χ4n) is 3.40. The van der Waals surface area contributed by atoms with Crippen LogP contribution in [-0.2, 0) is 22.6 Å². The number of aryl methyl sites for hydroxylation is 2. The van der Waals surface area contributed by atoms with Gasteiger partial charge in [0.05, 0.1) is 0 Å². The number of likely N-dealkylation sites (N-methyl/N-ethyl adjacent to an activating group) is 1. The molecule has 1 aliphatic rings. The second kappa shape index (κ2) is 9.45. The molecule has 6 nitrogen and oxygen atoms in total. The summed E-state index contributed by atoms with van der Waals surface area (Å²) in [5, 5.41) is 2.65. The summed E-state index contributed by atoms with van der Waals surface area (Å²) in [7, 11) is 1.59. The minimum Gasteiger partial charge on any atom is -0.486 e. The standard InChI is InChI=1S/C23H28N2O4/c1-16-6-4-5-7-19(16)15-25(17(2)23(27)24-3)22(26)11-9-18-8-10-20-21(14-18)29-13-12-28-20/h4-8,10,14,17H,9,11-13,15H2,1-3H3,(H,24,27)/t17-/m0/s1. The highest BCUT2D eigenvalue weighted by atomic mass is 16.6. The first-order valence-corrected chi connectivity index (χ1v) is 9.93. The number of ether oxygens (including phenoxy) is 2. The van der Waals surface area contributed by atoms with Crippen molar-refractivity contribution in [3.8, 4) is 11.5 Å². The lowest BCUT2D eigenvalue weighted by Gasteiger charge is -2.29. The molecule has 0 aromatic heterocycles. The molecule has 1 aliphatic heterocycles. The number of carbonyl (C=O) groups is 2. The molecular weight excluding hydrogens is 368 g/mol. The second-order valence-corrected chi connectivity index (χ2v) is 7.22. The van der Waals surface area contributed by atoms with E-state index in [1.54, 1.807) is 18.9 Å². The first-order chi connectivity index (χ1) is 14.0. The van der Waals surface area contributed by atoms with Crippen molar-refractivity contribution in [2.24, 2.45) is 0 Å². The van der Waals surface area contributed by atoms with Crippen LogP contribution in [0.3, 0.4) is 0 Å². The minimum atomic E-state index is -0.549. The van der Waals surface area contributed by atoms with E-state index < -0.39 is 6.04 Å². The first kappa shape index (κ1) is 20.7. The van der Waals surface area contributed by atoms with Crippen LogP contribution >= 0.6 is 0 Å². The molecule has 29 heavy (non-hydrogen) atoms. The molecule has 0 unspecified atom stereocenters. The fraction of sp³-hybridized carbons (Fsp3) is 0.391. The van der Waals surface area contributed by atoms with Crippen LogP contribution in [0.4, 0.5) is 0 Å². The summed E-state index contributed by atoms with van der Waals surface area (Å²) >= 11 is 0. The van der Waals surface area contributed by atoms with Gasteiger partial charge >= 0.3 is 0 Å². The molecule has 0 fully saturated rings. The molecule has 1 heterocycles. The van der Waals surface area contributed by atoms with Crippen LogP contribution in [0, 0.1) is 6.92 Å². The number of amides is 2. The Balaban J connectivity index is 1.72. The van der Waals surface area contributed by atoms with Gasteiger partial charge in [-0.25, -0.2) is 0 Å². The van der Waals surface area contributed by atoms with Crippen molar-refractivity contribution in [1.82, 2.24) is 10.2 Å². The topological polar surface area (TPSA) is 67.9 Å². The van der Waals surface area contributed by atoms with Crippen molar-refractivity contribution in [2.75, 3.05) is 20.3 Å². The van der Waals surface area contributed by atoms with Crippen LogP contribution in [-0.4, -0.2) is 43.0 Å². The Hall–Kier alpha value is -3.02. The molecule has 1 atom stereocenters. The van der Waals surface area contributed by atoms with Gasteiger partial charge in [0.1, 0.15) is 19.3 Å². The van der Waals surface area contributed by atoms with Gasteiger partial charge < -0.3 is 19.7 Å². The van der Waals surface area contributed by atoms with Gasteiger partial charge in [-0.2, -0.15) is 0 Å². The van der Waals surface area contributed by atoms with Crippen molar-refractivity contribution >= 4 is 11.8 Å². The number of fused-ring (bicyclic) bond motifs is 1. The molecule has 0 aliphatic carbocycles. The van der Waals surface area contributed by atoms with Gasteiger partial charge in [-0.05, 0) is 49.1 Å². The van der Waals surface area contributed by atoms with Gasteiger partial charge in [0, 0.05) is 20.0 Å². The molecule has 0 saturated carbocycles. The highest BCUT2D eigenvalue weighted by molar-refractivity contribution is 5.87. The predicted octanol–water partition coefficient (Wildman–Crippen LogP) is 2.86. The minimum absolute atomic E-state index is 0.0563. The molecule has 1 N–H and O–H groups in total. The average Bonchev–Trinajstić information content (AvgIpc) is 2.75. The number of nitrogens with one attached hydrogen (secondary N) is 1. The number of rotatable bonds is 7. The van der Waals surface area contributed by atoms with Crippen LogP contribution in [0.2, 0.25) is 0 Å². The Morgan fingerprint density at radius 2 is 1.83 bits per heavy atom. The molecule has 0 bridgehead atoms. The van der Waals surface area contributed by atoms with Crippen LogP contribution < -0.4 is 14.8 Å². The summed E-state index contributed by atoms with van der Waals surface area (Å²) in [5.74, 6) is 1.22. The molecule has 154 valence electrons. The van der Waals surface area contributed by atoms with Crippen LogP contribution in [0.15, 0.2) is 42.5 Å². The van der Waals surface area contributed by atoms with E-state index in [-0.39, 0.29) is 11.8 Å². The quantitative estimate of drug-likeness (QED) is 0.782. The maximum atomic E-state index is 13.1. The zero-order valence-corrected chi connectivity index (χ0v) is 17.2. The summed E-state index contributed by atoms with van der Waals surface area (Å²) in [6, 6.07) is 13.1. The van der Waals surface area contributed by atoms with Crippen molar-refractivity contribution in [1.29, 1.82) is 0 Å². The van der Waals surface area contributed by atoms with Crippen molar-refractivity contribution in [3.05, 3.63) is 59.2 Å². The van der Waals surface area contributed by atoms with Crippen LogP contribution in [0.25, 0.3) is 0 Å². The Morgan fingerprint density at radius 3 is 2.55 bits per heavy atom. The van der Waals surface area contributed by atoms with E-state index in [1.807, 2.05) is 49.4 Å². The summed E-state index contributed by atoms with van der Waals surface area (Å²) in [4.78, 5) is 27.0. The SMILES string of the molecule is CNC(=O)[C@H](C)N(Cc1ccccc1C)C(=O)CCc1ccc2c(c1)OCCO2. The van der Waals surface area contributed by atoms with Gasteiger partial charge in [-0.3, -0.25) is 9.59 Å². The first-order valence-electron chi connectivity index (χ1n) is 9.93. The molecule has 0 spiro atoms. The van der Waals surface area contributed by atoms with E-state index in [9.17, 15) is 9.59 Å². The molecule has 3 rings (SSSR count).